The molecule has 150 valence electrons. The number of hydrogen-bond donors (Lipinski definition) is 0. The SMILES string of the molecule is O=C1N2C[C@@H](CC[C@H]2c2nnc(-c3cn4c(n3)COCC4)o2)N1OS(=O)(=O)[O-].[Na+]. The van der Waals surface area contributed by atoms with Crippen LogP contribution < -0.4 is 29.6 Å². The molecule has 2 atom stereocenters. The normalized spacial score (nSPS) is 23.8. The zero-order chi connectivity index (χ0) is 19.5. The van der Waals surface area contributed by atoms with Crippen molar-refractivity contribution in [3.63, 3.8) is 0 Å². The molecule has 0 radical (unpaired) electrons. The number of hydroxylamine groups is 2. The Morgan fingerprint density at radius 3 is 2.86 bits per heavy atom. The van der Waals surface area contributed by atoms with E-state index in [1.807, 2.05) is 10.8 Å². The van der Waals surface area contributed by atoms with Crippen molar-refractivity contribution in [3.8, 4) is 11.6 Å². The van der Waals surface area contributed by atoms with E-state index < -0.39 is 28.5 Å². The molecule has 0 unspecified atom stereocenters. The van der Waals surface area contributed by atoms with Gasteiger partial charge in [-0.15, -0.1) is 10.2 Å². The topological polar surface area (TPSA) is 156 Å². The fourth-order valence-corrected chi connectivity index (χ4v) is 4.13. The molecule has 0 aliphatic carbocycles. The molecule has 5 heterocycles. The van der Waals surface area contributed by atoms with Crippen molar-refractivity contribution in [1.29, 1.82) is 0 Å². The molecular weight excluding hydrogens is 419 g/mol. The van der Waals surface area contributed by atoms with Gasteiger partial charge in [0, 0.05) is 19.3 Å². The van der Waals surface area contributed by atoms with E-state index in [4.69, 9.17) is 9.15 Å². The zero-order valence-electron chi connectivity index (χ0n) is 15.4. The second kappa shape index (κ2) is 7.61. The monoisotopic (exact) mass is 434 g/mol. The van der Waals surface area contributed by atoms with Crippen LogP contribution in [0.25, 0.3) is 11.6 Å². The molecule has 2 fully saturated rings. The van der Waals surface area contributed by atoms with Gasteiger partial charge in [-0.3, -0.25) is 0 Å². The van der Waals surface area contributed by atoms with Crippen LogP contribution in [0, 0.1) is 0 Å². The maximum absolute atomic E-state index is 12.5. The molecule has 2 aromatic heterocycles. The number of imidazole rings is 1. The summed E-state index contributed by atoms with van der Waals surface area (Å²) < 4.78 is 50.0. The van der Waals surface area contributed by atoms with E-state index in [0.717, 1.165) is 5.82 Å². The van der Waals surface area contributed by atoms with Gasteiger partial charge in [0.15, 0.2) is 0 Å². The molecule has 13 nitrogen and oxygen atoms in total. The average molecular weight is 434 g/mol. The van der Waals surface area contributed by atoms with Crippen LogP contribution in [0.2, 0.25) is 0 Å². The first-order valence-corrected chi connectivity index (χ1v) is 9.95. The quantitative estimate of drug-likeness (QED) is 0.273. The molecule has 2 bridgehead atoms. The Labute approximate surface area is 187 Å². The second-order valence-electron chi connectivity index (χ2n) is 6.72. The van der Waals surface area contributed by atoms with Gasteiger partial charge in [0.05, 0.1) is 12.6 Å². The van der Waals surface area contributed by atoms with Crippen molar-refractivity contribution in [3.05, 3.63) is 17.9 Å². The Hall–Kier alpha value is -1.55. The fourth-order valence-electron chi connectivity index (χ4n) is 3.75. The van der Waals surface area contributed by atoms with Crippen molar-refractivity contribution in [2.45, 2.75) is 38.1 Å². The summed E-state index contributed by atoms with van der Waals surface area (Å²) in [6, 6.07) is -1.77. The van der Waals surface area contributed by atoms with Crippen LogP contribution in [0.1, 0.15) is 30.6 Å². The first-order valence-electron chi connectivity index (χ1n) is 8.62. The molecule has 15 heteroatoms. The Kier molecular flexibility index (Phi) is 5.43. The Bertz CT molecular complexity index is 1020. The van der Waals surface area contributed by atoms with Gasteiger partial charge in [-0.05, 0) is 12.8 Å². The largest absolute Gasteiger partial charge is 1.00 e. The van der Waals surface area contributed by atoms with Crippen LogP contribution in [-0.4, -0.2) is 67.9 Å². The van der Waals surface area contributed by atoms with Gasteiger partial charge < -0.3 is 23.2 Å². The smallest absolute Gasteiger partial charge is 0.724 e. The molecule has 0 spiro atoms. The number of piperidine rings is 1. The molecular formula is C14H15N6NaO7S. The van der Waals surface area contributed by atoms with Crippen LogP contribution in [0.3, 0.4) is 0 Å². The summed E-state index contributed by atoms with van der Waals surface area (Å²) in [5.41, 5.74) is 0.517. The first kappa shape index (κ1) is 20.7. The van der Waals surface area contributed by atoms with E-state index in [1.54, 1.807) is 0 Å². The Morgan fingerprint density at radius 1 is 1.28 bits per heavy atom. The van der Waals surface area contributed by atoms with E-state index >= 15 is 0 Å². The van der Waals surface area contributed by atoms with Crippen LogP contribution in [0.5, 0.6) is 0 Å². The Morgan fingerprint density at radius 2 is 2.10 bits per heavy atom. The standard InChI is InChI=1S/C14H16N6O7S.Na/c21-14-19-5-8(20(14)27-28(22,23)24)1-2-10(19)13-17-16-12(26-13)9-6-18-3-4-25-7-11(18)15-9;/h6,8,10H,1-5,7H2,(H,22,23,24);/q;+1/p-1/t8-,10+;/m1./s1. The van der Waals surface area contributed by atoms with E-state index in [2.05, 4.69) is 19.5 Å². The van der Waals surface area contributed by atoms with Crippen molar-refractivity contribution in [2.24, 2.45) is 0 Å². The van der Waals surface area contributed by atoms with Gasteiger partial charge in [-0.2, -0.15) is 9.35 Å². The molecule has 29 heavy (non-hydrogen) atoms. The summed E-state index contributed by atoms with van der Waals surface area (Å²) in [4.78, 5) is 18.3. The van der Waals surface area contributed by atoms with Gasteiger partial charge in [-0.1, -0.05) is 0 Å². The number of amides is 2. The Balaban J connectivity index is 0.00000205. The van der Waals surface area contributed by atoms with E-state index in [1.165, 1.54) is 4.90 Å². The third-order valence-electron chi connectivity index (χ3n) is 5.01. The van der Waals surface area contributed by atoms with Crippen molar-refractivity contribution in [1.82, 2.24) is 29.7 Å². The second-order valence-corrected chi connectivity index (χ2v) is 7.69. The molecule has 0 aromatic carbocycles. The summed E-state index contributed by atoms with van der Waals surface area (Å²) in [6.07, 6.45) is 2.70. The van der Waals surface area contributed by atoms with Gasteiger partial charge in [0.25, 0.3) is 5.89 Å². The first-order chi connectivity index (χ1) is 13.4. The number of urea groups is 1. The molecule has 0 saturated carbocycles. The van der Waals surface area contributed by atoms with Crippen LogP contribution >= 0.6 is 0 Å². The molecule has 2 saturated heterocycles. The number of carbonyl (C=O) groups is 1. The predicted octanol–water partition coefficient (Wildman–Crippen LogP) is -3.20. The summed E-state index contributed by atoms with van der Waals surface area (Å²) in [6.45, 7) is 1.91. The van der Waals surface area contributed by atoms with Gasteiger partial charge >= 0.3 is 35.6 Å². The molecule has 2 amide bonds. The van der Waals surface area contributed by atoms with Gasteiger partial charge in [0.2, 0.25) is 16.3 Å². The summed E-state index contributed by atoms with van der Waals surface area (Å²) in [7, 11) is -5.04. The maximum Gasteiger partial charge on any atom is 1.00 e. The number of fused-ring (bicyclic) bond motifs is 3. The van der Waals surface area contributed by atoms with E-state index in [9.17, 15) is 17.8 Å². The van der Waals surface area contributed by atoms with Crippen molar-refractivity contribution in [2.75, 3.05) is 13.2 Å². The zero-order valence-corrected chi connectivity index (χ0v) is 18.2. The number of carbonyl (C=O) groups excluding carboxylic acids is 1. The predicted molar refractivity (Wildman–Crippen MR) is 85.7 cm³/mol. The number of rotatable bonds is 4. The molecule has 0 N–H and O–H groups in total. The average Bonchev–Trinajstić information content (AvgIpc) is 3.35. The maximum atomic E-state index is 12.5. The van der Waals surface area contributed by atoms with Crippen molar-refractivity contribution < 1.29 is 60.8 Å². The van der Waals surface area contributed by atoms with Crippen molar-refractivity contribution >= 4 is 16.4 Å². The minimum Gasteiger partial charge on any atom is -0.724 e. The molecule has 2 aromatic rings. The number of ether oxygens (including phenoxy) is 1. The summed E-state index contributed by atoms with van der Waals surface area (Å²) >= 11 is 0. The summed E-state index contributed by atoms with van der Waals surface area (Å²) in [5.74, 6) is 1.21. The minimum absolute atomic E-state index is 0. The molecule has 3 aliphatic heterocycles. The third kappa shape index (κ3) is 3.81. The van der Waals surface area contributed by atoms with Crippen LogP contribution in [0.4, 0.5) is 4.79 Å². The number of aromatic nitrogens is 4. The van der Waals surface area contributed by atoms with Crippen LogP contribution in [0.15, 0.2) is 10.6 Å². The van der Waals surface area contributed by atoms with Crippen LogP contribution in [-0.2, 0) is 32.6 Å². The fraction of sp³-hybridized carbons (Fsp3) is 0.571. The number of nitrogens with zero attached hydrogens (tertiary/aromatic N) is 6. The molecule has 3 aliphatic rings. The number of hydrogen-bond acceptors (Lipinski definition) is 10. The third-order valence-corrected chi connectivity index (χ3v) is 5.35. The summed E-state index contributed by atoms with van der Waals surface area (Å²) in [5, 5.41) is 8.69. The molecule has 5 rings (SSSR count). The van der Waals surface area contributed by atoms with Gasteiger partial charge in [-0.25, -0.2) is 18.2 Å². The van der Waals surface area contributed by atoms with Gasteiger partial charge in [0.1, 0.15) is 24.2 Å². The van der Waals surface area contributed by atoms with E-state index in [0.29, 0.717) is 43.4 Å². The minimum atomic E-state index is -5.04. The van der Waals surface area contributed by atoms with E-state index in [-0.39, 0.29) is 47.9 Å².